The molecule has 0 amide bonds. The molecule has 0 unspecified atom stereocenters. The lowest BCUT2D eigenvalue weighted by Gasteiger charge is -2.25. The number of nitrogens with zero attached hydrogens (tertiary/aromatic N) is 2. The first-order valence-electron chi connectivity index (χ1n) is 5.73. The van der Waals surface area contributed by atoms with Gasteiger partial charge in [-0.3, -0.25) is 0 Å². The molecule has 4 nitrogen and oxygen atoms in total. The van der Waals surface area contributed by atoms with Gasteiger partial charge in [-0.1, -0.05) is 6.92 Å². The Morgan fingerprint density at radius 2 is 2.00 bits per heavy atom. The van der Waals surface area contributed by atoms with Crippen LogP contribution in [0.2, 0.25) is 0 Å². The Bertz CT molecular complexity index is 350. The van der Waals surface area contributed by atoms with Crippen LogP contribution in [0.5, 0.6) is 5.88 Å². The third-order valence-corrected chi connectivity index (χ3v) is 2.46. The van der Waals surface area contributed by atoms with E-state index in [4.69, 9.17) is 4.74 Å². The van der Waals surface area contributed by atoms with Crippen LogP contribution in [-0.2, 0) is 0 Å². The Hall–Kier alpha value is -1.32. The van der Waals surface area contributed by atoms with E-state index in [1.54, 1.807) is 0 Å². The normalized spacial score (nSPS) is 11.3. The second kappa shape index (κ2) is 5.14. The number of anilines is 1. The standard InChI is InChI=1S/C12H21N3O/c1-6-12(4,5)15-10-8-11(16-7-2)14-9(3)13-10/h8H,6-7H2,1-5H3,(H,13,14,15). The highest BCUT2D eigenvalue weighted by molar-refractivity contribution is 5.40. The lowest BCUT2D eigenvalue weighted by atomic mass is 10.0. The van der Waals surface area contributed by atoms with Crippen LogP contribution in [0.15, 0.2) is 6.07 Å². The minimum Gasteiger partial charge on any atom is -0.478 e. The van der Waals surface area contributed by atoms with Crippen LogP contribution in [0.4, 0.5) is 5.82 Å². The molecule has 4 heteroatoms. The molecule has 0 spiro atoms. The van der Waals surface area contributed by atoms with E-state index in [1.165, 1.54) is 0 Å². The Kier molecular flexibility index (Phi) is 4.10. The van der Waals surface area contributed by atoms with Gasteiger partial charge in [-0.15, -0.1) is 0 Å². The Labute approximate surface area is 97.5 Å². The molecule has 1 aromatic heterocycles. The summed E-state index contributed by atoms with van der Waals surface area (Å²) >= 11 is 0. The van der Waals surface area contributed by atoms with Crippen molar-refractivity contribution in [3.05, 3.63) is 11.9 Å². The summed E-state index contributed by atoms with van der Waals surface area (Å²) in [5, 5.41) is 3.38. The van der Waals surface area contributed by atoms with Gasteiger partial charge in [0.1, 0.15) is 11.6 Å². The van der Waals surface area contributed by atoms with E-state index in [-0.39, 0.29) is 5.54 Å². The minimum absolute atomic E-state index is 0.0320. The molecule has 0 saturated carbocycles. The second-order valence-electron chi connectivity index (χ2n) is 4.43. The van der Waals surface area contributed by atoms with Crippen molar-refractivity contribution in [2.45, 2.75) is 46.6 Å². The summed E-state index contributed by atoms with van der Waals surface area (Å²) < 4.78 is 5.38. The quantitative estimate of drug-likeness (QED) is 0.833. The first kappa shape index (κ1) is 12.7. The van der Waals surface area contributed by atoms with Crippen molar-refractivity contribution in [2.75, 3.05) is 11.9 Å². The van der Waals surface area contributed by atoms with Crippen LogP contribution >= 0.6 is 0 Å². The number of aryl methyl sites for hydroxylation is 1. The van der Waals surface area contributed by atoms with Crippen molar-refractivity contribution in [1.29, 1.82) is 0 Å². The van der Waals surface area contributed by atoms with E-state index in [2.05, 4.69) is 36.1 Å². The molecule has 0 aromatic carbocycles. The number of hydrogen-bond acceptors (Lipinski definition) is 4. The van der Waals surface area contributed by atoms with Crippen LogP contribution in [0, 0.1) is 6.92 Å². The fraction of sp³-hybridized carbons (Fsp3) is 0.667. The van der Waals surface area contributed by atoms with Gasteiger partial charge in [0.2, 0.25) is 5.88 Å². The van der Waals surface area contributed by atoms with Crippen LogP contribution < -0.4 is 10.1 Å². The zero-order valence-electron chi connectivity index (χ0n) is 10.8. The molecule has 0 atom stereocenters. The molecule has 0 fully saturated rings. The maximum atomic E-state index is 5.38. The van der Waals surface area contributed by atoms with E-state index in [1.807, 2.05) is 19.9 Å². The molecule has 0 radical (unpaired) electrons. The Balaban J connectivity index is 2.87. The highest BCUT2D eigenvalue weighted by atomic mass is 16.5. The van der Waals surface area contributed by atoms with Crippen LogP contribution in [0.3, 0.4) is 0 Å². The fourth-order valence-electron chi connectivity index (χ4n) is 1.26. The maximum absolute atomic E-state index is 5.38. The molecular weight excluding hydrogens is 202 g/mol. The van der Waals surface area contributed by atoms with Gasteiger partial charge in [0.05, 0.1) is 6.61 Å². The van der Waals surface area contributed by atoms with Gasteiger partial charge in [0.15, 0.2) is 0 Å². The van der Waals surface area contributed by atoms with Crippen LogP contribution in [0.1, 0.15) is 39.9 Å². The van der Waals surface area contributed by atoms with Crippen molar-refractivity contribution in [3.8, 4) is 5.88 Å². The smallest absolute Gasteiger partial charge is 0.218 e. The summed E-state index contributed by atoms with van der Waals surface area (Å²) in [5.74, 6) is 2.17. The number of hydrogen-bond donors (Lipinski definition) is 1. The molecule has 90 valence electrons. The largest absolute Gasteiger partial charge is 0.478 e. The molecule has 0 saturated heterocycles. The Morgan fingerprint density at radius 1 is 1.31 bits per heavy atom. The SMILES string of the molecule is CCOc1cc(NC(C)(C)CC)nc(C)n1. The van der Waals surface area contributed by atoms with Gasteiger partial charge in [-0.25, -0.2) is 4.98 Å². The van der Waals surface area contributed by atoms with Gasteiger partial charge in [-0.2, -0.15) is 4.98 Å². The minimum atomic E-state index is 0.0320. The topological polar surface area (TPSA) is 47.0 Å². The lowest BCUT2D eigenvalue weighted by Crippen LogP contribution is -2.30. The van der Waals surface area contributed by atoms with Crippen molar-refractivity contribution in [2.24, 2.45) is 0 Å². The molecule has 1 rings (SSSR count). The lowest BCUT2D eigenvalue weighted by molar-refractivity contribution is 0.325. The average Bonchev–Trinajstić information content (AvgIpc) is 2.16. The molecule has 0 aliphatic heterocycles. The van der Waals surface area contributed by atoms with Crippen molar-refractivity contribution < 1.29 is 4.74 Å². The van der Waals surface area contributed by atoms with E-state index in [0.717, 1.165) is 18.1 Å². The molecule has 0 aliphatic rings. The predicted octanol–water partition coefficient (Wildman–Crippen LogP) is 2.78. The molecule has 0 aliphatic carbocycles. The van der Waals surface area contributed by atoms with Crippen molar-refractivity contribution in [3.63, 3.8) is 0 Å². The summed E-state index contributed by atoms with van der Waals surface area (Å²) in [4.78, 5) is 8.55. The zero-order chi connectivity index (χ0) is 12.2. The number of ether oxygens (including phenoxy) is 1. The fourth-order valence-corrected chi connectivity index (χ4v) is 1.26. The summed E-state index contributed by atoms with van der Waals surface area (Å²) in [7, 11) is 0. The summed E-state index contributed by atoms with van der Waals surface area (Å²) in [5.41, 5.74) is 0.0320. The molecule has 16 heavy (non-hydrogen) atoms. The number of aromatic nitrogens is 2. The second-order valence-corrected chi connectivity index (χ2v) is 4.43. The monoisotopic (exact) mass is 223 g/mol. The van der Waals surface area contributed by atoms with Crippen LogP contribution in [0.25, 0.3) is 0 Å². The molecule has 0 bridgehead atoms. The summed E-state index contributed by atoms with van der Waals surface area (Å²) in [6.45, 7) is 10.9. The summed E-state index contributed by atoms with van der Waals surface area (Å²) in [6.07, 6.45) is 1.03. The molecule has 1 aromatic rings. The van der Waals surface area contributed by atoms with Gasteiger partial charge in [0.25, 0.3) is 0 Å². The third-order valence-electron chi connectivity index (χ3n) is 2.46. The van der Waals surface area contributed by atoms with Crippen LogP contribution in [-0.4, -0.2) is 22.1 Å². The highest BCUT2D eigenvalue weighted by Gasteiger charge is 2.15. The van der Waals surface area contributed by atoms with Gasteiger partial charge >= 0.3 is 0 Å². The Morgan fingerprint density at radius 3 is 2.56 bits per heavy atom. The van der Waals surface area contributed by atoms with E-state index >= 15 is 0 Å². The molecular formula is C12H21N3O. The van der Waals surface area contributed by atoms with Crippen molar-refractivity contribution >= 4 is 5.82 Å². The maximum Gasteiger partial charge on any atom is 0.218 e. The van der Waals surface area contributed by atoms with E-state index in [9.17, 15) is 0 Å². The van der Waals surface area contributed by atoms with Gasteiger partial charge < -0.3 is 10.1 Å². The van der Waals surface area contributed by atoms with E-state index in [0.29, 0.717) is 12.5 Å². The van der Waals surface area contributed by atoms with E-state index < -0.39 is 0 Å². The molecule has 1 heterocycles. The number of nitrogens with one attached hydrogen (secondary N) is 1. The molecule has 1 N–H and O–H groups in total. The zero-order valence-corrected chi connectivity index (χ0v) is 10.8. The van der Waals surface area contributed by atoms with Gasteiger partial charge in [-0.05, 0) is 34.1 Å². The van der Waals surface area contributed by atoms with Gasteiger partial charge in [0, 0.05) is 11.6 Å². The summed E-state index contributed by atoms with van der Waals surface area (Å²) in [6, 6.07) is 1.84. The third kappa shape index (κ3) is 3.68. The predicted molar refractivity (Wildman–Crippen MR) is 65.9 cm³/mol. The number of rotatable bonds is 5. The first-order valence-corrected chi connectivity index (χ1v) is 5.73. The van der Waals surface area contributed by atoms with Crippen molar-refractivity contribution in [1.82, 2.24) is 9.97 Å². The highest BCUT2D eigenvalue weighted by Crippen LogP contribution is 2.19. The average molecular weight is 223 g/mol. The first-order chi connectivity index (χ1) is 7.46.